The van der Waals surface area contributed by atoms with Crippen molar-refractivity contribution in [2.75, 3.05) is 0 Å². The van der Waals surface area contributed by atoms with Crippen molar-refractivity contribution in [2.45, 2.75) is 13.5 Å². The lowest BCUT2D eigenvalue weighted by molar-refractivity contribution is 0.273. The molecule has 0 N–H and O–H groups in total. The average molecular weight is 371 g/mol. The van der Waals surface area contributed by atoms with Crippen LogP contribution in [0.4, 0.5) is 0 Å². The molecule has 0 saturated carbocycles. The first-order valence-corrected chi connectivity index (χ1v) is 8.88. The number of hydrogen-bond donors (Lipinski definition) is 0. The van der Waals surface area contributed by atoms with E-state index >= 15 is 0 Å². The summed E-state index contributed by atoms with van der Waals surface area (Å²) in [5.74, 6) is 1.91. The lowest BCUT2D eigenvalue weighted by Gasteiger charge is -2.16. The fourth-order valence-corrected chi connectivity index (χ4v) is 3.17. The van der Waals surface area contributed by atoms with E-state index in [4.69, 9.17) is 9.84 Å². The minimum Gasteiger partial charge on any atom is -0.468 e. The zero-order valence-corrected chi connectivity index (χ0v) is 15.4. The van der Waals surface area contributed by atoms with Gasteiger partial charge in [-0.25, -0.2) is 4.98 Å². The molecular formula is C20H17N7O. The van der Waals surface area contributed by atoms with Crippen LogP contribution in [-0.2, 0) is 13.7 Å². The molecule has 1 aromatic carbocycles. The number of nitrogens with zero attached hydrogens (tertiary/aromatic N) is 7. The molecule has 0 unspecified atom stereocenters. The van der Waals surface area contributed by atoms with Gasteiger partial charge in [-0.2, -0.15) is 9.61 Å². The number of ether oxygens (including phenoxy) is 1. The Morgan fingerprint density at radius 2 is 1.93 bits per heavy atom. The summed E-state index contributed by atoms with van der Waals surface area (Å²) in [6, 6.07) is 9.87. The van der Waals surface area contributed by atoms with Crippen molar-refractivity contribution >= 4 is 11.2 Å². The maximum atomic E-state index is 6.08. The summed E-state index contributed by atoms with van der Waals surface area (Å²) in [4.78, 5) is 4.22. The van der Waals surface area contributed by atoms with Crippen molar-refractivity contribution in [1.82, 2.24) is 34.6 Å². The minimum atomic E-state index is 0.265. The van der Waals surface area contributed by atoms with Crippen LogP contribution >= 0.6 is 0 Å². The average Bonchev–Trinajstić information content (AvgIpc) is 3.28. The molecule has 0 saturated heterocycles. The molecule has 0 bridgehead atoms. The zero-order valence-electron chi connectivity index (χ0n) is 15.4. The lowest BCUT2D eigenvalue weighted by atomic mass is 9.97. The molecule has 0 radical (unpaired) electrons. The van der Waals surface area contributed by atoms with E-state index < -0.39 is 0 Å². The van der Waals surface area contributed by atoms with Gasteiger partial charge in [-0.1, -0.05) is 48.6 Å². The quantitative estimate of drug-likeness (QED) is 0.536. The molecule has 0 atom stereocenters. The summed E-state index contributed by atoms with van der Waals surface area (Å²) >= 11 is 0. The summed E-state index contributed by atoms with van der Waals surface area (Å²) in [6.45, 7) is 2.28. The number of hydrogen-bond acceptors (Lipinski definition) is 6. The number of rotatable bonds is 5. The summed E-state index contributed by atoms with van der Waals surface area (Å²) in [5.41, 5.74) is 4.60. The molecular weight excluding hydrogens is 354 g/mol. The van der Waals surface area contributed by atoms with E-state index in [1.54, 1.807) is 9.20 Å². The van der Waals surface area contributed by atoms with Crippen molar-refractivity contribution in [1.29, 1.82) is 0 Å². The Kier molecular flexibility index (Phi) is 3.75. The number of aryl methyl sites for hydroxylation is 2. The maximum Gasteiger partial charge on any atom is 0.240 e. The van der Waals surface area contributed by atoms with Crippen LogP contribution < -0.4 is 4.74 Å². The molecule has 28 heavy (non-hydrogen) atoms. The largest absolute Gasteiger partial charge is 0.468 e. The highest BCUT2D eigenvalue weighted by Gasteiger charge is 2.22. The monoisotopic (exact) mass is 371 g/mol. The second-order valence-electron chi connectivity index (χ2n) is 6.50. The Hall–Kier alpha value is -3.81. The van der Waals surface area contributed by atoms with Gasteiger partial charge in [0.2, 0.25) is 5.88 Å². The molecule has 5 rings (SSSR count). The topological polar surface area (TPSA) is 83.0 Å². The van der Waals surface area contributed by atoms with Crippen LogP contribution in [0.15, 0.2) is 54.9 Å². The Labute approximate surface area is 160 Å². The summed E-state index contributed by atoms with van der Waals surface area (Å²) in [6.07, 6.45) is 7.56. The maximum absolute atomic E-state index is 6.08. The van der Waals surface area contributed by atoms with E-state index in [0.717, 1.165) is 28.1 Å². The van der Waals surface area contributed by atoms with Crippen LogP contribution in [0.3, 0.4) is 0 Å². The number of benzene rings is 1. The van der Waals surface area contributed by atoms with Crippen LogP contribution in [-0.4, -0.2) is 34.6 Å². The molecule has 1 aliphatic rings. The SMILES string of the molecule is Cc1c(C2=CC=C2)c(OCc2ncnn2C)nn2c(-c3ccccc3)nnc12. The predicted octanol–water partition coefficient (Wildman–Crippen LogP) is 2.76. The van der Waals surface area contributed by atoms with Crippen molar-refractivity contribution < 1.29 is 4.74 Å². The van der Waals surface area contributed by atoms with E-state index in [9.17, 15) is 0 Å². The molecule has 138 valence electrons. The smallest absolute Gasteiger partial charge is 0.240 e. The molecule has 4 aromatic rings. The zero-order chi connectivity index (χ0) is 19.1. The highest BCUT2D eigenvalue weighted by Crippen LogP contribution is 2.34. The second-order valence-corrected chi connectivity index (χ2v) is 6.50. The van der Waals surface area contributed by atoms with Gasteiger partial charge in [-0.05, 0) is 12.5 Å². The molecule has 0 amide bonds. The molecule has 3 heterocycles. The minimum absolute atomic E-state index is 0.265. The third kappa shape index (κ3) is 2.58. The van der Waals surface area contributed by atoms with Crippen molar-refractivity contribution in [3.63, 3.8) is 0 Å². The molecule has 1 aliphatic carbocycles. The van der Waals surface area contributed by atoms with Gasteiger partial charge < -0.3 is 4.74 Å². The second kappa shape index (κ2) is 6.41. The fourth-order valence-electron chi connectivity index (χ4n) is 3.17. The third-order valence-corrected chi connectivity index (χ3v) is 4.77. The van der Waals surface area contributed by atoms with Crippen molar-refractivity contribution in [2.24, 2.45) is 7.05 Å². The van der Waals surface area contributed by atoms with Gasteiger partial charge >= 0.3 is 0 Å². The predicted molar refractivity (Wildman–Crippen MR) is 103 cm³/mol. The van der Waals surface area contributed by atoms with Gasteiger partial charge in [-0.3, -0.25) is 4.68 Å². The summed E-state index contributed by atoms with van der Waals surface area (Å²) < 4.78 is 9.50. The van der Waals surface area contributed by atoms with E-state index in [1.165, 1.54) is 6.33 Å². The van der Waals surface area contributed by atoms with Crippen LogP contribution in [0.25, 0.3) is 22.6 Å². The lowest BCUT2D eigenvalue weighted by Crippen LogP contribution is -2.10. The first-order chi connectivity index (χ1) is 13.7. The Morgan fingerprint density at radius 3 is 2.61 bits per heavy atom. The normalized spacial score (nSPS) is 12.9. The van der Waals surface area contributed by atoms with Gasteiger partial charge in [0.25, 0.3) is 0 Å². The Bertz CT molecular complexity index is 1230. The van der Waals surface area contributed by atoms with Gasteiger partial charge in [-0.15, -0.1) is 15.3 Å². The molecule has 0 aliphatic heterocycles. The highest BCUT2D eigenvalue weighted by molar-refractivity contribution is 5.86. The Balaban J connectivity index is 1.64. The fraction of sp³-hybridized carbons (Fsp3) is 0.150. The first kappa shape index (κ1) is 16.4. The Morgan fingerprint density at radius 1 is 1.11 bits per heavy atom. The molecule has 8 heteroatoms. The molecule has 0 spiro atoms. The van der Waals surface area contributed by atoms with E-state index in [-0.39, 0.29) is 6.61 Å². The van der Waals surface area contributed by atoms with Gasteiger partial charge in [0.15, 0.2) is 17.3 Å². The van der Waals surface area contributed by atoms with Gasteiger partial charge in [0, 0.05) is 18.2 Å². The van der Waals surface area contributed by atoms with Crippen molar-refractivity contribution in [3.8, 4) is 17.3 Å². The summed E-state index contributed by atoms with van der Waals surface area (Å²) in [7, 11) is 1.83. The van der Waals surface area contributed by atoms with Crippen LogP contribution in [0, 0.1) is 6.92 Å². The van der Waals surface area contributed by atoms with Crippen LogP contribution in [0.2, 0.25) is 0 Å². The van der Waals surface area contributed by atoms with Crippen molar-refractivity contribution in [3.05, 3.63) is 71.8 Å². The molecule has 0 fully saturated rings. The van der Waals surface area contributed by atoms with Gasteiger partial charge in [0.05, 0.1) is 5.56 Å². The highest BCUT2D eigenvalue weighted by atomic mass is 16.5. The van der Waals surface area contributed by atoms with Crippen LogP contribution in [0.5, 0.6) is 5.88 Å². The molecule has 8 nitrogen and oxygen atoms in total. The van der Waals surface area contributed by atoms with E-state index in [1.807, 2.05) is 62.5 Å². The number of aromatic nitrogens is 7. The first-order valence-electron chi connectivity index (χ1n) is 8.88. The number of fused-ring (bicyclic) bond motifs is 1. The van der Waals surface area contributed by atoms with E-state index in [2.05, 4.69) is 20.3 Å². The standard InChI is InChI=1S/C20H17N7O/c1-13-17(14-9-6-10-14)20(28-11-16-21-12-22-26(16)2)25-27-18(13)23-24-19(27)15-7-4-3-5-8-15/h3-10,12H,11H2,1-2H3. The third-order valence-electron chi connectivity index (χ3n) is 4.77. The summed E-state index contributed by atoms with van der Waals surface area (Å²) in [5, 5.41) is 17.6. The number of allylic oxidation sites excluding steroid dienone is 4. The van der Waals surface area contributed by atoms with Gasteiger partial charge in [0.1, 0.15) is 12.9 Å². The van der Waals surface area contributed by atoms with Crippen LogP contribution in [0.1, 0.15) is 17.0 Å². The van der Waals surface area contributed by atoms with E-state index in [0.29, 0.717) is 17.4 Å². The molecule has 3 aromatic heterocycles.